The van der Waals surface area contributed by atoms with E-state index in [4.69, 9.17) is 25.7 Å². The number of pyridine rings is 1. The van der Waals surface area contributed by atoms with Gasteiger partial charge in [-0.25, -0.2) is 9.97 Å². The molecule has 2 aromatic carbocycles. The van der Waals surface area contributed by atoms with Gasteiger partial charge in [0, 0.05) is 49.9 Å². The Morgan fingerprint density at radius 2 is 1.78 bits per heavy atom. The van der Waals surface area contributed by atoms with Gasteiger partial charge in [-0.1, -0.05) is 35.9 Å². The lowest BCUT2D eigenvalue weighted by atomic mass is 10.0. The summed E-state index contributed by atoms with van der Waals surface area (Å²) in [5.74, 6) is 3.34. The van der Waals surface area contributed by atoms with Crippen LogP contribution in [0.4, 0.5) is 5.82 Å². The Hall–Kier alpha value is -3.09. The van der Waals surface area contributed by atoms with Crippen LogP contribution in [0.1, 0.15) is 11.5 Å². The number of hydrogen-bond donors (Lipinski definition) is 0. The van der Waals surface area contributed by atoms with Crippen LogP contribution < -0.4 is 9.64 Å². The fourth-order valence-corrected chi connectivity index (χ4v) is 4.34. The van der Waals surface area contributed by atoms with Crippen molar-refractivity contribution in [3.8, 4) is 17.2 Å². The zero-order chi connectivity index (χ0) is 22.1. The first-order chi connectivity index (χ1) is 15.6. The third kappa shape index (κ3) is 4.04. The highest BCUT2D eigenvalue weighted by molar-refractivity contribution is 6.30. The van der Waals surface area contributed by atoms with Gasteiger partial charge in [-0.15, -0.1) is 0 Å². The number of ether oxygens (including phenoxy) is 1. The number of methoxy groups -OCH3 is 1. The Balaban J connectivity index is 1.32. The molecule has 7 heteroatoms. The van der Waals surface area contributed by atoms with E-state index >= 15 is 0 Å². The molecule has 1 aliphatic rings. The van der Waals surface area contributed by atoms with E-state index in [2.05, 4.69) is 26.9 Å². The second kappa shape index (κ2) is 8.81. The molecule has 1 aliphatic heterocycles. The molecule has 0 unspecified atom stereocenters. The number of piperazine rings is 1. The summed E-state index contributed by atoms with van der Waals surface area (Å²) in [6.07, 6.45) is 1.70. The molecule has 0 bridgehead atoms. The zero-order valence-corrected chi connectivity index (χ0v) is 19.0. The van der Waals surface area contributed by atoms with E-state index in [1.165, 1.54) is 0 Å². The molecule has 4 aromatic rings. The molecule has 32 heavy (non-hydrogen) atoms. The summed E-state index contributed by atoms with van der Waals surface area (Å²) in [5.41, 5.74) is 1.97. The van der Waals surface area contributed by atoms with Crippen LogP contribution in [0.3, 0.4) is 0 Å². The lowest BCUT2D eigenvalue weighted by molar-refractivity contribution is 0.245. The molecule has 1 saturated heterocycles. The molecule has 6 nitrogen and oxygen atoms in total. The third-order valence-corrected chi connectivity index (χ3v) is 6.23. The SMILES string of the molecule is COc1ccc(-c2nc(CN3CCN(c4ccc(Cl)cn4)CC3)c(C)o2)c2ccccc12. The van der Waals surface area contributed by atoms with E-state index in [-0.39, 0.29) is 0 Å². The van der Waals surface area contributed by atoms with Gasteiger partial charge in [0.25, 0.3) is 0 Å². The Bertz CT molecular complexity index is 1230. The van der Waals surface area contributed by atoms with Crippen LogP contribution in [0, 0.1) is 6.92 Å². The van der Waals surface area contributed by atoms with E-state index < -0.39 is 0 Å². The highest BCUT2D eigenvalue weighted by Gasteiger charge is 2.21. The lowest BCUT2D eigenvalue weighted by Crippen LogP contribution is -2.46. The second-order valence-electron chi connectivity index (χ2n) is 7.98. The Morgan fingerprint density at radius 3 is 2.50 bits per heavy atom. The largest absolute Gasteiger partial charge is 0.496 e. The summed E-state index contributed by atoms with van der Waals surface area (Å²) < 4.78 is 11.6. The van der Waals surface area contributed by atoms with Crippen molar-refractivity contribution in [2.75, 3.05) is 38.2 Å². The molecule has 0 saturated carbocycles. The summed E-state index contributed by atoms with van der Waals surface area (Å²) in [4.78, 5) is 14.0. The summed E-state index contributed by atoms with van der Waals surface area (Å²) in [5, 5.41) is 2.79. The van der Waals surface area contributed by atoms with Crippen LogP contribution in [0.5, 0.6) is 5.75 Å². The topological polar surface area (TPSA) is 54.6 Å². The van der Waals surface area contributed by atoms with E-state index in [1.54, 1.807) is 13.3 Å². The highest BCUT2D eigenvalue weighted by atomic mass is 35.5. The second-order valence-corrected chi connectivity index (χ2v) is 8.42. The number of hydrogen-bond acceptors (Lipinski definition) is 6. The van der Waals surface area contributed by atoms with Crippen LogP contribution in [0.15, 0.2) is 59.1 Å². The van der Waals surface area contributed by atoms with Gasteiger partial charge in [0.05, 0.1) is 17.8 Å². The molecule has 0 amide bonds. The van der Waals surface area contributed by atoms with Crippen molar-refractivity contribution in [1.82, 2.24) is 14.9 Å². The van der Waals surface area contributed by atoms with Gasteiger partial charge >= 0.3 is 0 Å². The summed E-state index contributed by atoms with van der Waals surface area (Å²) in [6.45, 7) is 6.48. The van der Waals surface area contributed by atoms with Gasteiger partial charge in [-0.2, -0.15) is 0 Å². The molecule has 0 aliphatic carbocycles. The van der Waals surface area contributed by atoms with Crippen molar-refractivity contribution in [2.24, 2.45) is 0 Å². The number of nitrogens with zero attached hydrogens (tertiary/aromatic N) is 4. The summed E-state index contributed by atoms with van der Waals surface area (Å²) in [6, 6.07) is 16.0. The zero-order valence-electron chi connectivity index (χ0n) is 18.2. The maximum absolute atomic E-state index is 6.11. The first kappa shape index (κ1) is 20.8. The fourth-order valence-electron chi connectivity index (χ4n) is 4.23. The number of aryl methyl sites for hydroxylation is 1. The van der Waals surface area contributed by atoms with Gasteiger partial charge in [-0.05, 0) is 36.6 Å². The van der Waals surface area contributed by atoms with Gasteiger partial charge in [0.2, 0.25) is 5.89 Å². The average molecular weight is 449 g/mol. The van der Waals surface area contributed by atoms with E-state index in [1.807, 2.05) is 43.3 Å². The predicted octanol–water partition coefficient (Wildman–Crippen LogP) is 5.18. The fraction of sp³-hybridized carbons (Fsp3) is 0.280. The van der Waals surface area contributed by atoms with Crippen molar-refractivity contribution < 1.29 is 9.15 Å². The molecule has 5 rings (SSSR count). The first-order valence-corrected chi connectivity index (χ1v) is 11.1. The first-order valence-electron chi connectivity index (χ1n) is 10.7. The monoisotopic (exact) mass is 448 g/mol. The van der Waals surface area contributed by atoms with Crippen LogP contribution >= 0.6 is 11.6 Å². The van der Waals surface area contributed by atoms with E-state index in [0.717, 1.165) is 72.1 Å². The van der Waals surface area contributed by atoms with E-state index in [9.17, 15) is 0 Å². The molecule has 2 aromatic heterocycles. The molecule has 0 spiro atoms. The Kier molecular flexibility index (Phi) is 5.72. The normalized spacial score (nSPS) is 14.8. The molecular weight excluding hydrogens is 424 g/mol. The molecule has 0 radical (unpaired) electrons. The number of anilines is 1. The smallest absolute Gasteiger partial charge is 0.227 e. The average Bonchev–Trinajstić information content (AvgIpc) is 3.19. The third-order valence-electron chi connectivity index (χ3n) is 6.01. The van der Waals surface area contributed by atoms with Crippen molar-refractivity contribution in [2.45, 2.75) is 13.5 Å². The Labute approximate surface area is 192 Å². The highest BCUT2D eigenvalue weighted by Crippen LogP contribution is 2.34. The number of halogens is 1. The summed E-state index contributed by atoms with van der Waals surface area (Å²) >= 11 is 5.96. The van der Waals surface area contributed by atoms with Crippen LogP contribution in [-0.2, 0) is 6.54 Å². The quantitative estimate of drug-likeness (QED) is 0.419. The maximum Gasteiger partial charge on any atom is 0.227 e. The van der Waals surface area contributed by atoms with Crippen molar-refractivity contribution in [3.63, 3.8) is 0 Å². The molecule has 1 fully saturated rings. The van der Waals surface area contributed by atoms with Crippen molar-refractivity contribution >= 4 is 28.2 Å². The minimum absolute atomic E-state index is 0.653. The number of rotatable bonds is 5. The van der Waals surface area contributed by atoms with Gasteiger partial charge < -0.3 is 14.1 Å². The standard InChI is InChI=1S/C25H25ClN4O2/c1-17-22(16-29-11-13-30(14-12-29)24-10-7-18(26)15-27-24)28-25(32-17)21-8-9-23(31-2)20-6-4-3-5-19(20)21/h3-10,15H,11-14,16H2,1-2H3. The molecule has 0 atom stereocenters. The maximum atomic E-state index is 6.11. The molecule has 3 heterocycles. The van der Waals surface area contributed by atoms with Gasteiger partial charge in [-0.3, -0.25) is 4.90 Å². The summed E-state index contributed by atoms with van der Waals surface area (Å²) in [7, 11) is 1.69. The van der Waals surface area contributed by atoms with Crippen molar-refractivity contribution in [1.29, 1.82) is 0 Å². The van der Waals surface area contributed by atoms with Crippen LogP contribution in [-0.4, -0.2) is 48.2 Å². The molecule has 164 valence electrons. The number of benzene rings is 2. The lowest BCUT2D eigenvalue weighted by Gasteiger charge is -2.35. The van der Waals surface area contributed by atoms with Crippen molar-refractivity contribution in [3.05, 3.63) is 71.2 Å². The van der Waals surface area contributed by atoms with Gasteiger partial charge in [0.1, 0.15) is 17.3 Å². The van der Waals surface area contributed by atoms with Gasteiger partial charge in [0.15, 0.2) is 0 Å². The van der Waals surface area contributed by atoms with Crippen LogP contribution in [0.25, 0.3) is 22.2 Å². The van der Waals surface area contributed by atoms with E-state index in [0.29, 0.717) is 10.9 Å². The number of fused-ring (bicyclic) bond motifs is 1. The number of aromatic nitrogens is 2. The molecular formula is C25H25ClN4O2. The predicted molar refractivity (Wildman–Crippen MR) is 127 cm³/mol. The minimum Gasteiger partial charge on any atom is -0.496 e. The number of oxazole rings is 1. The van der Waals surface area contributed by atoms with Crippen LogP contribution in [0.2, 0.25) is 5.02 Å². The minimum atomic E-state index is 0.653. The Morgan fingerprint density at radius 1 is 1.00 bits per heavy atom. The molecule has 0 N–H and O–H groups in total.